The van der Waals surface area contributed by atoms with E-state index >= 15 is 0 Å². The smallest absolute Gasteiger partial charge is 0.404 e. The molecule has 1 atom stereocenters. The zero-order valence-electron chi connectivity index (χ0n) is 15.7. The van der Waals surface area contributed by atoms with E-state index in [1.807, 2.05) is 0 Å². The van der Waals surface area contributed by atoms with Crippen LogP contribution >= 0.6 is 0 Å². The normalized spacial score (nSPS) is 14.7. The second kappa shape index (κ2) is 8.31. The van der Waals surface area contributed by atoms with Crippen molar-refractivity contribution in [3.63, 3.8) is 0 Å². The highest BCUT2D eigenvalue weighted by atomic mass is 28.4. The summed E-state index contributed by atoms with van der Waals surface area (Å²) in [7, 11) is -1.75. The van der Waals surface area contributed by atoms with Gasteiger partial charge in [0.05, 0.1) is 6.61 Å². The molecule has 0 bridgehead atoms. The highest BCUT2D eigenvalue weighted by Crippen LogP contribution is 2.36. The number of ether oxygens (including phenoxy) is 1. The largest absolute Gasteiger partial charge is 0.450 e. The summed E-state index contributed by atoms with van der Waals surface area (Å²) in [6.45, 7) is 18.7. The first kappa shape index (κ1) is 21.4. The van der Waals surface area contributed by atoms with Crippen LogP contribution in [0.15, 0.2) is 0 Å². The Morgan fingerprint density at radius 1 is 1.18 bits per heavy atom. The number of hydrogen-bond donors (Lipinski definition) is 2. The summed E-state index contributed by atoms with van der Waals surface area (Å²) in [5.74, 6) is 0. The van der Waals surface area contributed by atoms with Crippen LogP contribution in [0.25, 0.3) is 0 Å². The Morgan fingerprint density at radius 2 is 1.73 bits per heavy atom. The highest BCUT2D eigenvalue weighted by molar-refractivity contribution is 6.74. The fourth-order valence-corrected chi connectivity index (χ4v) is 2.89. The molecule has 0 radical (unpaired) electrons. The summed E-state index contributed by atoms with van der Waals surface area (Å²) < 4.78 is 11.1. The van der Waals surface area contributed by atoms with Crippen LogP contribution in [-0.4, -0.2) is 39.2 Å². The molecule has 0 aliphatic rings. The van der Waals surface area contributed by atoms with Gasteiger partial charge in [-0.2, -0.15) is 0 Å². The van der Waals surface area contributed by atoms with Crippen LogP contribution < -0.4 is 11.1 Å². The van der Waals surface area contributed by atoms with Crippen molar-refractivity contribution in [2.45, 2.75) is 84.1 Å². The van der Waals surface area contributed by atoms with Crippen molar-refractivity contribution < 1.29 is 14.0 Å². The zero-order valence-corrected chi connectivity index (χ0v) is 16.7. The SMILES string of the molecule is CC(C)(C)N[C@@H](CCCOC(N)=O)CO[Si](C)(C)C(C)(C)C. The zero-order chi connectivity index (χ0) is 17.6. The molecule has 6 heteroatoms. The van der Waals surface area contributed by atoms with Gasteiger partial charge in [-0.25, -0.2) is 4.79 Å². The van der Waals surface area contributed by atoms with Crippen molar-refractivity contribution in [2.24, 2.45) is 5.73 Å². The van der Waals surface area contributed by atoms with Gasteiger partial charge in [0.25, 0.3) is 0 Å². The minimum absolute atomic E-state index is 0.0198. The quantitative estimate of drug-likeness (QED) is 0.526. The van der Waals surface area contributed by atoms with Gasteiger partial charge in [-0.05, 0) is 51.7 Å². The number of nitrogens with two attached hydrogens (primary N) is 1. The maximum absolute atomic E-state index is 10.6. The molecule has 0 aromatic carbocycles. The average Bonchev–Trinajstić information content (AvgIpc) is 2.27. The van der Waals surface area contributed by atoms with E-state index in [1.54, 1.807) is 0 Å². The Morgan fingerprint density at radius 3 is 2.14 bits per heavy atom. The van der Waals surface area contributed by atoms with Gasteiger partial charge in [0.1, 0.15) is 0 Å². The molecule has 0 spiro atoms. The standard InChI is InChI=1S/C16H36N2O3Si/c1-15(2,3)18-13(10-9-11-20-14(17)19)12-21-22(7,8)16(4,5)6/h13,18H,9-12H2,1-8H3,(H2,17,19)/t13-/m0/s1. The van der Waals surface area contributed by atoms with Gasteiger partial charge < -0.3 is 20.2 Å². The van der Waals surface area contributed by atoms with Crippen LogP contribution in [0.5, 0.6) is 0 Å². The number of carbonyl (C=O) groups is 1. The Balaban J connectivity index is 4.51. The monoisotopic (exact) mass is 332 g/mol. The van der Waals surface area contributed by atoms with Crippen molar-refractivity contribution >= 4 is 14.4 Å². The van der Waals surface area contributed by atoms with E-state index in [9.17, 15) is 4.79 Å². The molecule has 0 rings (SSSR count). The molecule has 1 amide bonds. The van der Waals surface area contributed by atoms with E-state index in [1.165, 1.54) is 0 Å². The summed E-state index contributed by atoms with van der Waals surface area (Å²) in [5, 5.41) is 3.80. The molecular weight excluding hydrogens is 296 g/mol. The van der Waals surface area contributed by atoms with Gasteiger partial charge in [-0.15, -0.1) is 0 Å². The van der Waals surface area contributed by atoms with Crippen molar-refractivity contribution in [2.75, 3.05) is 13.2 Å². The fraction of sp³-hybridized carbons (Fsp3) is 0.938. The predicted molar refractivity (Wildman–Crippen MR) is 94.6 cm³/mol. The molecular formula is C16H36N2O3Si. The maximum atomic E-state index is 10.6. The minimum Gasteiger partial charge on any atom is -0.450 e. The van der Waals surface area contributed by atoms with Gasteiger partial charge >= 0.3 is 6.09 Å². The molecule has 0 unspecified atom stereocenters. The second-order valence-corrected chi connectivity index (χ2v) is 13.3. The number of nitrogens with one attached hydrogen (secondary N) is 1. The molecule has 0 fully saturated rings. The van der Waals surface area contributed by atoms with E-state index in [-0.39, 0.29) is 16.6 Å². The van der Waals surface area contributed by atoms with Crippen molar-refractivity contribution in [3.05, 3.63) is 0 Å². The van der Waals surface area contributed by atoms with Gasteiger partial charge in [-0.3, -0.25) is 0 Å². The Bertz CT molecular complexity index is 346. The topological polar surface area (TPSA) is 73.6 Å². The third-order valence-electron chi connectivity index (χ3n) is 4.03. The molecule has 0 aromatic rings. The van der Waals surface area contributed by atoms with Crippen LogP contribution in [0.4, 0.5) is 4.79 Å². The molecule has 3 N–H and O–H groups in total. The molecule has 0 aliphatic heterocycles. The first-order chi connectivity index (χ1) is 9.74. The number of primary amides is 1. The Hall–Kier alpha value is -0.593. The molecule has 0 saturated heterocycles. The van der Waals surface area contributed by atoms with Crippen LogP contribution in [0.2, 0.25) is 18.1 Å². The van der Waals surface area contributed by atoms with Crippen LogP contribution in [0.3, 0.4) is 0 Å². The predicted octanol–water partition coefficient (Wildman–Crippen LogP) is 3.64. The Labute approximate surface area is 137 Å². The van der Waals surface area contributed by atoms with E-state index in [4.69, 9.17) is 14.9 Å². The third-order valence-corrected chi connectivity index (χ3v) is 8.53. The molecule has 132 valence electrons. The van der Waals surface area contributed by atoms with Crippen LogP contribution in [-0.2, 0) is 9.16 Å². The van der Waals surface area contributed by atoms with Crippen molar-refractivity contribution in [3.8, 4) is 0 Å². The third kappa shape index (κ3) is 9.43. The number of amides is 1. The molecule has 0 aliphatic carbocycles. The number of hydrogen-bond acceptors (Lipinski definition) is 4. The minimum atomic E-state index is -1.75. The van der Waals surface area contributed by atoms with Gasteiger partial charge in [-0.1, -0.05) is 20.8 Å². The van der Waals surface area contributed by atoms with E-state index in [0.29, 0.717) is 13.2 Å². The second-order valence-electron chi connectivity index (χ2n) is 8.47. The fourth-order valence-electron chi connectivity index (χ4n) is 1.84. The molecule has 5 nitrogen and oxygen atoms in total. The molecule has 22 heavy (non-hydrogen) atoms. The van der Waals surface area contributed by atoms with E-state index < -0.39 is 14.4 Å². The summed E-state index contributed by atoms with van der Waals surface area (Å²) in [4.78, 5) is 10.6. The lowest BCUT2D eigenvalue weighted by Crippen LogP contribution is -2.49. The summed E-state index contributed by atoms with van der Waals surface area (Å²) in [6, 6.07) is 0.241. The average molecular weight is 333 g/mol. The van der Waals surface area contributed by atoms with Gasteiger partial charge in [0.15, 0.2) is 8.32 Å². The lowest BCUT2D eigenvalue weighted by molar-refractivity contribution is 0.148. The van der Waals surface area contributed by atoms with Crippen LogP contribution in [0, 0.1) is 0 Å². The van der Waals surface area contributed by atoms with E-state index in [0.717, 1.165) is 12.8 Å². The summed E-state index contributed by atoms with van der Waals surface area (Å²) >= 11 is 0. The van der Waals surface area contributed by atoms with E-state index in [2.05, 4.69) is 60.0 Å². The van der Waals surface area contributed by atoms with Crippen molar-refractivity contribution in [1.82, 2.24) is 5.32 Å². The summed E-state index contributed by atoms with van der Waals surface area (Å²) in [5.41, 5.74) is 5.00. The highest BCUT2D eigenvalue weighted by Gasteiger charge is 2.37. The van der Waals surface area contributed by atoms with Gasteiger partial charge in [0, 0.05) is 18.2 Å². The maximum Gasteiger partial charge on any atom is 0.404 e. The molecule has 0 aromatic heterocycles. The first-order valence-electron chi connectivity index (χ1n) is 8.08. The Kier molecular flexibility index (Phi) is 8.09. The summed E-state index contributed by atoms with van der Waals surface area (Å²) in [6.07, 6.45) is 0.953. The lowest BCUT2D eigenvalue weighted by atomic mass is 10.0. The van der Waals surface area contributed by atoms with Gasteiger partial charge in [0.2, 0.25) is 0 Å². The molecule has 0 saturated carbocycles. The first-order valence-corrected chi connectivity index (χ1v) is 11.0. The molecule has 0 heterocycles. The lowest BCUT2D eigenvalue weighted by Gasteiger charge is -2.38. The number of carbonyl (C=O) groups excluding carboxylic acids is 1. The van der Waals surface area contributed by atoms with Crippen molar-refractivity contribution in [1.29, 1.82) is 0 Å². The van der Waals surface area contributed by atoms with Crippen LogP contribution in [0.1, 0.15) is 54.4 Å². The number of rotatable bonds is 8.